The summed E-state index contributed by atoms with van der Waals surface area (Å²) in [6, 6.07) is 9.68. The van der Waals surface area contributed by atoms with Crippen molar-refractivity contribution in [3.05, 3.63) is 36.2 Å². The first kappa shape index (κ1) is 19.9. The van der Waals surface area contributed by atoms with Gasteiger partial charge < -0.3 is 5.32 Å². The lowest BCUT2D eigenvalue weighted by atomic mass is 9.96. The van der Waals surface area contributed by atoms with Crippen LogP contribution >= 0.6 is 11.8 Å². The number of para-hydroxylation sites is 1. The molecule has 2 aromatic rings. The minimum Gasteiger partial charge on any atom is -0.335 e. The Labute approximate surface area is 175 Å². The third kappa shape index (κ3) is 5.18. The van der Waals surface area contributed by atoms with Crippen LogP contribution in [-0.2, 0) is 4.79 Å². The van der Waals surface area contributed by atoms with Gasteiger partial charge >= 0.3 is 6.03 Å². The molecule has 0 aliphatic heterocycles. The fraction of sp³-hybridized carbons (Fsp3) is 0.524. The van der Waals surface area contributed by atoms with Crippen molar-refractivity contribution in [3.63, 3.8) is 0 Å². The zero-order chi connectivity index (χ0) is 20.2. The van der Waals surface area contributed by atoms with Crippen LogP contribution in [0.2, 0.25) is 0 Å². The number of aromatic nitrogens is 3. The number of thioether (sulfide) groups is 1. The van der Waals surface area contributed by atoms with Crippen molar-refractivity contribution >= 4 is 23.7 Å². The average Bonchev–Trinajstić information content (AvgIpc) is 3.49. The summed E-state index contributed by atoms with van der Waals surface area (Å²) in [7, 11) is 0. The van der Waals surface area contributed by atoms with E-state index >= 15 is 0 Å². The van der Waals surface area contributed by atoms with Crippen LogP contribution in [0, 0.1) is 0 Å². The van der Waals surface area contributed by atoms with Gasteiger partial charge in [0.2, 0.25) is 11.1 Å². The quantitative estimate of drug-likeness (QED) is 0.704. The van der Waals surface area contributed by atoms with Crippen LogP contribution in [0.1, 0.15) is 63.6 Å². The second-order valence-corrected chi connectivity index (χ2v) is 9.14. The van der Waals surface area contributed by atoms with Gasteiger partial charge in [-0.05, 0) is 44.7 Å². The van der Waals surface area contributed by atoms with Crippen molar-refractivity contribution in [2.75, 3.05) is 0 Å². The van der Waals surface area contributed by atoms with Crippen molar-refractivity contribution in [3.8, 4) is 5.69 Å². The molecule has 2 aliphatic carbocycles. The number of amides is 3. The standard InChI is InChI=1S/C21H27N5O2S/c1-14(19(27)24-20(28)22-16-8-4-2-5-9-16)29-21-23-18(15-12-13-15)26(25-21)17-10-6-3-7-11-17/h3,6-7,10-11,14-16H,2,4-5,8-9,12-13H2,1H3,(H2,22,24,27,28)/t14-/m1/s1. The van der Waals surface area contributed by atoms with E-state index in [9.17, 15) is 9.59 Å². The maximum absolute atomic E-state index is 12.5. The number of hydrogen-bond donors (Lipinski definition) is 2. The fourth-order valence-electron chi connectivity index (χ4n) is 3.61. The molecule has 2 N–H and O–H groups in total. The molecule has 2 saturated carbocycles. The second kappa shape index (κ2) is 8.98. The molecule has 8 heteroatoms. The highest BCUT2D eigenvalue weighted by atomic mass is 32.2. The van der Waals surface area contributed by atoms with Gasteiger partial charge in [-0.3, -0.25) is 10.1 Å². The predicted octanol–water partition coefficient (Wildman–Crippen LogP) is 3.78. The smallest absolute Gasteiger partial charge is 0.321 e. The van der Waals surface area contributed by atoms with Crippen LogP contribution in [0.3, 0.4) is 0 Å². The van der Waals surface area contributed by atoms with Gasteiger partial charge in [-0.2, -0.15) is 0 Å². The number of nitrogens with one attached hydrogen (secondary N) is 2. The third-order valence-electron chi connectivity index (χ3n) is 5.38. The summed E-state index contributed by atoms with van der Waals surface area (Å²) in [5.41, 5.74) is 0.970. The molecule has 4 rings (SSSR count). The molecule has 154 valence electrons. The van der Waals surface area contributed by atoms with E-state index in [0.717, 1.165) is 50.0 Å². The molecule has 0 bridgehead atoms. The van der Waals surface area contributed by atoms with Crippen molar-refractivity contribution in [2.45, 2.75) is 74.2 Å². The number of benzene rings is 1. The molecule has 0 radical (unpaired) electrons. The van der Waals surface area contributed by atoms with Gasteiger partial charge in [0.15, 0.2) is 0 Å². The molecule has 0 saturated heterocycles. The molecule has 2 fully saturated rings. The zero-order valence-electron chi connectivity index (χ0n) is 16.6. The molecular formula is C21H27N5O2S. The highest BCUT2D eigenvalue weighted by Crippen LogP contribution is 2.40. The number of nitrogens with zero attached hydrogens (tertiary/aromatic N) is 3. The van der Waals surface area contributed by atoms with Crippen LogP contribution in [-0.4, -0.2) is 38.0 Å². The summed E-state index contributed by atoms with van der Waals surface area (Å²) < 4.78 is 1.88. The lowest BCUT2D eigenvalue weighted by Gasteiger charge is -2.22. The third-order valence-corrected chi connectivity index (χ3v) is 6.34. The average molecular weight is 414 g/mol. The number of hydrogen-bond acceptors (Lipinski definition) is 5. The van der Waals surface area contributed by atoms with Crippen molar-refractivity contribution in [2.24, 2.45) is 0 Å². The minimum atomic E-state index is -0.467. The number of carbonyl (C=O) groups excluding carboxylic acids is 2. The van der Waals surface area contributed by atoms with Crippen LogP contribution in [0.15, 0.2) is 35.5 Å². The van der Waals surface area contributed by atoms with Crippen molar-refractivity contribution in [1.82, 2.24) is 25.4 Å². The summed E-state index contributed by atoms with van der Waals surface area (Å²) in [5.74, 6) is 1.05. The fourth-order valence-corrected chi connectivity index (χ4v) is 4.37. The summed E-state index contributed by atoms with van der Waals surface area (Å²) in [4.78, 5) is 29.3. The molecular weight excluding hydrogens is 386 g/mol. The first-order valence-corrected chi connectivity index (χ1v) is 11.3. The number of rotatable bonds is 6. The Kier molecular flexibility index (Phi) is 6.18. The topological polar surface area (TPSA) is 88.9 Å². The van der Waals surface area contributed by atoms with Gasteiger partial charge in [-0.15, -0.1) is 5.10 Å². The lowest BCUT2D eigenvalue weighted by Crippen LogP contribution is -2.47. The van der Waals surface area contributed by atoms with E-state index in [1.807, 2.05) is 35.0 Å². The molecule has 1 aromatic heterocycles. The Morgan fingerprint density at radius 2 is 1.83 bits per heavy atom. The minimum absolute atomic E-state index is 0.170. The molecule has 1 aromatic carbocycles. The maximum Gasteiger partial charge on any atom is 0.321 e. The van der Waals surface area contributed by atoms with E-state index in [4.69, 9.17) is 0 Å². The largest absolute Gasteiger partial charge is 0.335 e. The first-order chi connectivity index (χ1) is 14.1. The number of imide groups is 1. The normalized spacial score (nSPS) is 18.2. The molecule has 1 atom stereocenters. The lowest BCUT2D eigenvalue weighted by molar-refractivity contribution is -0.119. The van der Waals surface area contributed by atoms with E-state index in [1.165, 1.54) is 18.2 Å². The maximum atomic E-state index is 12.5. The SMILES string of the molecule is C[C@@H](Sc1nc(C2CC2)n(-c2ccccc2)n1)C(=O)NC(=O)NC1CCCCC1. The molecule has 0 unspecified atom stereocenters. The molecule has 0 spiro atoms. The number of urea groups is 1. The van der Waals surface area contributed by atoms with Crippen molar-refractivity contribution < 1.29 is 9.59 Å². The predicted molar refractivity (Wildman–Crippen MR) is 112 cm³/mol. The van der Waals surface area contributed by atoms with E-state index < -0.39 is 11.3 Å². The van der Waals surface area contributed by atoms with E-state index in [2.05, 4.69) is 20.7 Å². The van der Waals surface area contributed by atoms with Gasteiger partial charge in [-0.25, -0.2) is 14.5 Å². The molecule has 1 heterocycles. The monoisotopic (exact) mass is 413 g/mol. The summed E-state index contributed by atoms with van der Waals surface area (Å²) in [5, 5.41) is 10.1. The molecule has 29 heavy (non-hydrogen) atoms. The molecule has 2 aliphatic rings. The zero-order valence-corrected chi connectivity index (χ0v) is 17.5. The van der Waals surface area contributed by atoms with Gasteiger partial charge in [0.05, 0.1) is 10.9 Å². The summed E-state index contributed by atoms with van der Waals surface area (Å²) >= 11 is 1.28. The van der Waals surface area contributed by atoms with Gasteiger partial charge in [-0.1, -0.05) is 49.2 Å². The van der Waals surface area contributed by atoms with Crippen molar-refractivity contribution in [1.29, 1.82) is 0 Å². The summed E-state index contributed by atoms with van der Waals surface area (Å²) in [6.07, 6.45) is 7.68. The molecule has 3 amide bonds. The Hall–Kier alpha value is -2.35. The first-order valence-electron chi connectivity index (χ1n) is 10.4. The van der Waals surface area contributed by atoms with E-state index in [-0.39, 0.29) is 11.9 Å². The summed E-state index contributed by atoms with van der Waals surface area (Å²) in [6.45, 7) is 1.77. The second-order valence-electron chi connectivity index (χ2n) is 7.83. The van der Waals surface area contributed by atoms with Crippen LogP contribution in [0.4, 0.5) is 4.79 Å². The van der Waals surface area contributed by atoms with E-state index in [1.54, 1.807) is 6.92 Å². The van der Waals surface area contributed by atoms with Crippen LogP contribution in [0.5, 0.6) is 0 Å². The highest BCUT2D eigenvalue weighted by molar-refractivity contribution is 8.00. The Morgan fingerprint density at radius 3 is 2.52 bits per heavy atom. The van der Waals surface area contributed by atoms with Crippen LogP contribution in [0.25, 0.3) is 5.69 Å². The highest BCUT2D eigenvalue weighted by Gasteiger charge is 2.31. The van der Waals surface area contributed by atoms with E-state index in [0.29, 0.717) is 11.1 Å². The Morgan fingerprint density at radius 1 is 1.10 bits per heavy atom. The molecule has 7 nitrogen and oxygen atoms in total. The van der Waals surface area contributed by atoms with Crippen LogP contribution < -0.4 is 10.6 Å². The number of carbonyl (C=O) groups is 2. The van der Waals surface area contributed by atoms with Gasteiger partial charge in [0.25, 0.3) is 0 Å². The van der Waals surface area contributed by atoms with Gasteiger partial charge in [0, 0.05) is 12.0 Å². The Balaban J connectivity index is 1.37. The van der Waals surface area contributed by atoms with Gasteiger partial charge in [0.1, 0.15) is 5.82 Å². The Bertz CT molecular complexity index is 859.